The molecule has 0 radical (unpaired) electrons. The Morgan fingerprint density at radius 2 is 2.15 bits per heavy atom. The maximum absolute atomic E-state index is 11.9. The van der Waals surface area contributed by atoms with E-state index in [2.05, 4.69) is 5.32 Å². The molecule has 0 bridgehead atoms. The zero-order valence-electron chi connectivity index (χ0n) is 12.3. The standard InChI is InChI=1S/C15H24N2O3/c1-4-20-14-6-5-12(7-11(14)9-18)17-15(19)8-13(16)10(2)3/h5-7,10,13,18H,4,8-9,16H2,1-3H3,(H,17,19). The fraction of sp³-hybridized carbons (Fsp3) is 0.533. The lowest BCUT2D eigenvalue weighted by atomic mass is 10.0. The largest absolute Gasteiger partial charge is 0.494 e. The van der Waals surface area contributed by atoms with Gasteiger partial charge in [0.15, 0.2) is 0 Å². The van der Waals surface area contributed by atoms with Crippen molar-refractivity contribution in [3.63, 3.8) is 0 Å². The molecule has 1 atom stereocenters. The predicted molar refractivity (Wildman–Crippen MR) is 79.6 cm³/mol. The monoisotopic (exact) mass is 280 g/mol. The summed E-state index contributed by atoms with van der Waals surface area (Å²) in [6.07, 6.45) is 0.277. The third kappa shape index (κ3) is 4.83. The van der Waals surface area contributed by atoms with Gasteiger partial charge in [0, 0.05) is 23.7 Å². The van der Waals surface area contributed by atoms with Crippen LogP contribution in [-0.2, 0) is 11.4 Å². The average Bonchev–Trinajstić information content (AvgIpc) is 2.40. The maximum atomic E-state index is 11.9. The number of anilines is 1. The van der Waals surface area contributed by atoms with Crippen LogP contribution in [0.4, 0.5) is 5.69 Å². The van der Waals surface area contributed by atoms with E-state index in [0.717, 1.165) is 0 Å². The number of nitrogens with two attached hydrogens (primary N) is 1. The zero-order chi connectivity index (χ0) is 15.1. The van der Waals surface area contributed by atoms with Crippen LogP contribution in [0, 0.1) is 5.92 Å². The average molecular weight is 280 g/mol. The second-order valence-corrected chi connectivity index (χ2v) is 5.07. The van der Waals surface area contributed by atoms with E-state index >= 15 is 0 Å². The second-order valence-electron chi connectivity index (χ2n) is 5.07. The summed E-state index contributed by atoms with van der Waals surface area (Å²) in [5, 5.41) is 12.1. The minimum Gasteiger partial charge on any atom is -0.494 e. The first-order valence-corrected chi connectivity index (χ1v) is 6.90. The van der Waals surface area contributed by atoms with Gasteiger partial charge in [-0.2, -0.15) is 0 Å². The van der Waals surface area contributed by atoms with Crippen LogP contribution >= 0.6 is 0 Å². The zero-order valence-corrected chi connectivity index (χ0v) is 12.3. The molecule has 5 heteroatoms. The van der Waals surface area contributed by atoms with Gasteiger partial charge in [0.1, 0.15) is 5.75 Å². The predicted octanol–water partition coefficient (Wildman–Crippen LogP) is 1.89. The summed E-state index contributed by atoms with van der Waals surface area (Å²) in [4.78, 5) is 11.9. The number of aliphatic hydroxyl groups excluding tert-OH is 1. The first kappa shape index (κ1) is 16.5. The molecule has 0 spiro atoms. The van der Waals surface area contributed by atoms with Gasteiger partial charge in [0.25, 0.3) is 0 Å². The molecule has 1 unspecified atom stereocenters. The quantitative estimate of drug-likeness (QED) is 0.712. The molecule has 1 aromatic rings. The highest BCUT2D eigenvalue weighted by atomic mass is 16.5. The lowest BCUT2D eigenvalue weighted by molar-refractivity contribution is -0.116. The molecule has 20 heavy (non-hydrogen) atoms. The summed E-state index contributed by atoms with van der Waals surface area (Å²) < 4.78 is 5.39. The first-order chi connectivity index (χ1) is 9.47. The minimum atomic E-state index is -0.157. The van der Waals surface area contributed by atoms with E-state index in [-0.39, 0.29) is 30.9 Å². The van der Waals surface area contributed by atoms with Crippen LogP contribution in [0.2, 0.25) is 0 Å². The van der Waals surface area contributed by atoms with Crippen molar-refractivity contribution in [3.8, 4) is 5.75 Å². The molecule has 1 amide bonds. The first-order valence-electron chi connectivity index (χ1n) is 6.90. The van der Waals surface area contributed by atoms with Crippen molar-refractivity contribution in [1.82, 2.24) is 0 Å². The van der Waals surface area contributed by atoms with E-state index < -0.39 is 0 Å². The third-order valence-corrected chi connectivity index (χ3v) is 3.09. The highest BCUT2D eigenvalue weighted by Crippen LogP contribution is 2.23. The smallest absolute Gasteiger partial charge is 0.225 e. The molecule has 0 saturated carbocycles. The number of amides is 1. The van der Waals surface area contributed by atoms with Gasteiger partial charge in [0.2, 0.25) is 5.91 Å². The summed E-state index contributed by atoms with van der Waals surface area (Å²) in [6.45, 7) is 6.24. The van der Waals surface area contributed by atoms with Crippen molar-refractivity contribution >= 4 is 11.6 Å². The molecular weight excluding hydrogens is 256 g/mol. The van der Waals surface area contributed by atoms with Crippen molar-refractivity contribution in [1.29, 1.82) is 0 Å². The lowest BCUT2D eigenvalue weighted by Gasteiger charge is -2.16. The number of hydrogen-bond donors (Lipinski definition) is 3. The van der Waals surface area contributed by atoms with E-state index in [0.29, 0.717) is 23.6 Å². The van der Waals surface area contributed by atoms with Crippen LogP contribution in [0.1, 0.15) is 32.8 Å². The Bertz CT molecular complexity index is 447. The highest BCUT2D eigenvalue weighted by molar-refractivity contribution is 5.91. The molecule has 0 aliphatic carbocycles. The second kappa shape index (κ2) is 7.87. The molecule has 112 valence electrons. The molecule has 0 aliphatic heterocycles. The summed E-state index contributed by atoms with van der Waals surface area (Å²) in [6, 6.07) is 5.05. The van der Waals surface area contributed by atoms with Crippen LogP contribution < -0.4 is 15.8 Å². The Hall–Kier alpha value is -1.59. The number of aliphatic hydroxyl groups is 1. The molecule has 0 fully saturated rings. The van der Waals surface area contributed by atoms with Crippen molar-refractivity contribution in [2.45, 2.75) is 39.8 Å². The van der Waals surface area contributed by atoms with Gasteiger partial charge in [-0.15, -0.1) is 0 Å². The fourth-order valence-electron chi connectivity index (χ4n) is 1.74. The number of carbonyl (C=O) groups excluding carboxylic acids is 1. The normalized spacial score (nSPS) is 12.3. The molecule has 1 aromatic carbocycles. The topological polar surface area (TPSA) is 84.6 Å². The lowest BCUT2D eigenvalue weighted by Crippen LogP contribution is -2.31. The van der Waals surface area contributed by atoms with Gasteiger partial charge in [-0.25, -0.2) is 0 Å². The summed E-state index contributed by atoms with van der Waals surface area (Å²) >= 11 is 0. The SMILES string of the molecule is CCOc1ccc(NC(=O)CC(N)C(C)C)cc1CO. The van der Waals surface area contributed by atoms with Crippen molar-refractivity contribution in [2.75, 3.05) is 11.9 Å². The number of nitrogens with one attached hydrogen (secondary N) is 1. The molecular formula is C15H24N2O3. The molecule has 1 rings (SSSR count). The Kier molecular flexibility index (Phi) is 6.48. The Labute approximate surface area is 120 Å². The van der Waals surface area contributed by atoms with E-state index in [4.69, 9.17) is 10.5 Å². The van der Waals surface area contributed by atoms with Crippen LogP contribution in [-0.4, -0.2) is 23.7 Å². The molecule has 0 aromatic heterocycles. The number of ether oxygens (including phenoxy) is 1. The van der Waals surface area contributed by atoms with Crippen LogP contribution in [0.15, 0.2) is 18.2 Å². The number of rotatable bonds is 7. The van der Waals surface area contributed by atoms with Gasteiger partial charge in [-0.3, -0.25) is 4.79 Å². The van der Waals surface area contributed by atoms with E-state index in [1.807, 2.05) is 20.8 Å². The Morgan fingerprint density at radius 3 is 2.70 bits per heavy atom. The summed E-state index contributed by atoms with van der Waals surface area (Å²) in [7, 11) is 0. The van der Waals surface area contributed by atoms with E-state index in [1.165, 1.54) is 0 Å². The van der Waals surface area contributed by atoms with Crippen LogP contribution in [0.3, 0.4) is 0 Å². The number of benzene rings is 1. The van der Waals surface area contributed by atoms with Crippen molar-refractivity contribution in [3.05, 3.63) is 23.8 Å². The minimum absolute atomic E-state index is 0.126. The van der Waals surface area contributed by atoms with Crippen LogP contribution in [0.5, 0.6) is 5.75 Å². The Morgan fingerprint density at radius 1 is 1.45 bits per heavy atom. The van der Waals surface area contributed by atoms with E-state index in [9.17, 15) is 9.90 Å². The van der Waals surface area contributed by atoms with Crippen LogP contribution in [0.25, 0.3) is 0 Å². The number of carbonyl (C=O) groups is 1. The molecule has 4 N–H and O–H groups in total. The van der Waals surface area contributed by atoms with Gasteiger partial charge < -0.3 is 20.9 Å². The fourth-order valence-corrected chi connectivity index (χ4v) is 1.74. The molecule has 0 heterocycles. The van der Waals surface area contributed by atoms with Crippen molar-refractivity contribution < 1.29 is 14.6 Å². The van der Waals surface area contributed by atoms with Gasteiger partial charge in [-0.05, 0) is 31.0 Å². The van der Waals surface area contributed by atoms with Gasteiger partial charge in [-0.1, -0.05) is 13.8 Å². The molecule has 0 saturated heterocycles. The molecule has 0 aliphatic rings. The van der Waals surface area contributed by atoms with E-state index in [1.54, 1.807) is 18.2 Å². The summed E-state index contributed by atoms with van der Waals surface area (Å²) in [5.74, 6) is 0.764. The highest BCUT2D eigenvalue weighted by Gasteiger charge is 2.13. The van der Waals surface area contributed by atoms with Crippen molar-refractivity contribution in [2.24, 2.45) is 11.7 Å². The Balaban J connectivity index is 2.70. The van der Waals surface area contributed by atoms with Gasteiger partial charge in [0.05, 0.1) is 13.2 Å². The number of hydrogen-bond acceptors (Lipinski definition) is 4. The third-order valence-electron chi connectivity index (χ3n) is 3.09. The van der Waals surface area contributed by atoms with Gasteiger partial charge >= 0.3 is 0 Å². The maximum Gasteiger partial charge on any atom is 0.225 e. The molecule has 5 nitrogen and oxygen atoms in total. The summed E-state index contributed by atoms with van der Waals surface area (Å²) in [5.41, 5.74) is 7.16.